The Morgan fingerprint density at radius 3 is 2.64 bits per heavy atom. The van der Waals surface area contributed by atoms with Gasteiger partial charge in [-0.25, -0.2) is 0 Å². The van der Waals surface area contributed by atoms with Gasteiger partial charge in [0.05, 0.1) is 24.7 Å². The van der Waals surface area contributed by atoms with Crippen LogP contribution < -0.4 is 0 Å². The fraction of sp³-hybridized carbons (Fsp3) is 0.720. The lowest BCUT2D eigenvalue weighted by Crippen LogP contribution is -2.58. The molecule has 1 N–H and O–H groups in total. The van der Waals surface area contributed by atoms with Gasteiger partial charge in [0.15, 0.2) is 0 Å². The van der Waals surface area contributed by atoms with Gasteiger partial charge in [-0.05, 0) is 46.0 Å². The molecule has 3 fully saturated rings. The zero-order valence-electron chi connectivity index (χ0n) is 20.3. The highest BCUT2D eigenvalue weighted by Gasteiger charge is 2.80. The van der Waals surface area contributed by atoms with Crippen LogP contribution in [0.2, 0.25) is 0 Å². The Labute approximate surface area is 196 Å². The van der Waals surface area contributed by atoms with E-state index < -0.39 is 35.0 Å². The molecule has 0 aromatic heterocycles. The van der Waals surface area contributed by atoms with E-state index in [2.05, 4.69) is 13.2 Å². The summed E-state index contributed by atoms with van der Waals surface area (Å²) in [6.45, 7) is 15.4. The van der Waals surface area contributed by atoms with Gasteiger partial charge in [-0.3, -0.25) is 14.4 Å². The number of fused-ring (bicyclic) bond motifs is 1. The van der Waals surface area contributed by atoms with Gasteiger partial charge in [0.2, 0.25) is 11.8 Å². The van der Waals surface area contributed by atoms with Crippen LogP contribution in [0.15, 0.2) is 25.3 Å². The Morgan fingerprint density at radius 2 is 2.06 bits per heavy atom. The van der Waals surface area contributed by atoms with Crippen molar-refractivity contribution < 1.29 is 29.0 Å². The Balaban J connectivity index is 2.02. The van der Waals surface area contributed by atoms with E-state index in [0.717, 1.165) is 6.42 Å². The third-order valence-corrected chi connectivity index (χ3v) is 7.67. The van der Waals surface area contributed by atoms with Gasteiger partial charge in [-0.2, -0.15) is 0 Å². The van der Waals surface area contributed by atoms with Crippen molar-refractivity contribution in [1.82, 2.24) is 9.80 Å². The van der Waals surface area contributed by atoms with Crippen LogP contribution in [0.4, 0.5) is 0 Å². The zero-order valence-corrected chi connectivity index (χ0v) is 20.3. The van der Waals surface area contributed by atoms with Crippen molar-refractivity contribution >= 4 is 17.8 Å². The summed E-state index contributed by atoms with van der Waals surface area (Å²) >= 11 is 0. The van der Waals surface area contributed by atoms with Crippen LogP contribution in [0, 0.1) is 17.8 Å². The number of unbranched alkanes of at least 4 members (excludes halogenated alkanes) is 1. The smallest absolute Gasteiger partial charge is 0.312 e. The SMILES string of the molecule is C=CCCCOC(=O)[C@@H]1[C@H]2C(=O)N(CCO)C(C(=O)N(CC=C)C(C)C)C23CC(C)[C@@]1(C)O3. The summed E-state index contributed by atoms with van der Waals surface area (Å²) in [4.78, 5) is 43.9. The molecule has 0 saturated carbocycles. The quantitative estimate of drug-likeness (QED) is 0.286. The zero-order chi connectivity index (χ0) is 24.6. The number of carbonyl (C=O) groups excluding carboxylic acids is 3. The van der Waals surface area contributed by atoms with Gasteiger partial charge in [-0.15, -0.1) is 13.2 Å². The van der Waals surface area contributed by atoms with E-state index >= 15 is 0 Å². The predicted molar refractivity (Wildman–Crippen MR) is 123 cm³/mol. The summed E-state index contributed by atoms with van der Waals surface area (Å²) in [6.07, 6.45) is 5.28. The summed E-state index contributed by atoms with van der Waals surface area (Å²) in [5.41, 5.74) is -2.03. The van der Waals surface area contributed by atoms with Gasteiger partial charge in [0.25, 0.3) is 0 Å². The number of esters is 1. The minimum absolute atomic E-state index is 0.00305. The van der Waals surface area contributed by atoms with E-state index in [4.69, 9.17) is 9.47 Å². The van der Waals surface area contributed by atoms with Crippen molar-refractivity contribution in [3.8, 4) is 0 Å². The number of rotatable bonds is 11. The molecule has 3 aliphatic heterocycles. The maximum absolute atomic E-state index is 13.9. The van der Waals surface area contributed by atoms with Gasteiger partial charge in [0.1, 0.15) is 17.6 Å². The number of likely N-dealkylation sites (tertiary alicyclic amines) is 1. The molecule has 3 unspecified atom stereocenters. The molecule has 1 spiro atoms. The highest BCUT2D eigenvalue weighted by atomic mass is 16.6. The lowest BCUT2D eigenvalue weighted by molar-refractivity contribution is -0.162. The van der Waals surface area contributed by atoms with E-state index in [1.807, 2.05) is 27.7 Å². The van der Waals surface area contributed by atoms with Crippen LogP contribution in [0.3, 0.4) is 0 Å². The van der Waals surface area contributed by atoms with Gasteiger partial charge in [-0.1, -0.05) is 19.1 Å². The van der Waals surface area contributed by atoms with Crippen molar-refractivity contribution in [1.29, 1.82) is 0 Å². The summed E-state index contributed by atoms with van der Waals surface area (Å²) in [7, 11) is 0. The van der Waals surface area contributed by atoms with E-state index in [0.29, 0.717) is 19.4 Å². The van der Waals surface area contributed by atoms with E-state index in [1.54, 1.807) is 17.1 Å². The largest absolute Gasteiger partial charge is 0.465 e. The second-order valence-electron chi connectivity index (χ2n) is 9.93. The van der Waals surface area contributed by atoms with Crippen molar-refractivity contribution in [2.75, 3.05) is 26.3 Å². The van der Waals surface area contributed by atoms with Crippen molar-refractivity contribution in [3.05, 3.63) is 25.3 Å². The maximum atomic E-state index is 13.9. The number of ether oxygens (including phenoxy) is 2. The molecule has 2 bridgehead atoms. The predicted octanol–water partition coefficient (Wildman–Crippen LogP) is 1.92. The molecule has 6 atom stereocenters. The average molecular weight is 463 g/mol. The monoisotopic (exact) mass is 462 g/mol. The molecule has 3 saturated heterocycles. The number of nitrogens with zero attached hydrogens (tertiary/aromatic N) is 2. The minimum atomic E-state index is -1.13. The topological polar surface area (TPSA) is 96.4 Å². The molecular weight excluding hydrogens is 424 g/mol. The first-order valence-corrected chi connectivity index (χ1v) is 11.9. The number of aliphatic hydroxyl groups excluding tert-OH is 1. The summed E-state index contributed by atoms with van der Waals surface area (Å²) in [5, 5.41) is 9.69. The lowest BCUT2D eigenvalue weighted by Gasteiger charge is -2.38. The normalized spacial score (nSPS) is 34.5. The van der Waals surface area contributed by atoms with Crippen LogP contribution in [-0.2, 0) is 23.9 Å². The van der Waals surface area contributed by atoms with Gasteiger partial charge < -0.3 is 24.4 Å². The number of amides is 2. The fourth-order valence-corrected chi connectivity index (χ4v) is 6.07. The first-order chi connectivity index (χ1) is 15.6. The maximum Gasteiger partial charge on any atom is 0.312 e. The van der Waals surface area contributed by atoms with Gasteiger partial charge >= 0.3 is 5.97 Å². The van der Waals surface area contributed by atoms with Gasteiger partial charge in [0, 0.05) is 19.1 Å². The molecule has 0 aromatic rings. The number of carbonyl (C=O) groups is 3. The number of hydrogen-bond acceptors (Lipinski definition) is 6. The molecule has 3 heterocycles. The molecule has 0 aromatic carbocycles. The summed E-state index contributed by atoms with van der Waals surface area (Å²) in [6, 6.07) is -1.03. The standard InChI is InChI=1S/C25H38N2O6/c1-7-9-10-14-32-23(31)19-18-21(29)27(12-13-28)20(22(30)26(11-8-2)16(3)4)25(18)15-17(5)24(19,6)33-25/h7-8,16-20,28H,1-2,9-15H2,3-6H3/t17?,18-,19-,20?,24+,25?/m0/s1. The van der Waals surface area contributed by atoms with Crippen molar-refractivity contribution in [2.24, 2.45) is 17.8 Å². The second kappa shape index (κ2) is 9.58. The third-order valence-electron chi connectivity index (χ3n) is 7.67. The van der Waals surface area contributed by atoms with Crippen LogP contribution in [0.5, 0.6) is 0 Å². The molecule has 0 aliphatic carbocycles. The molecule has 8 nitrogen and oxygen atoms in total. The summed E-state index contributed by atoms with van der Waals surface area (Å²) in [5.74, 6) is -2.70. The number of allylic oxidation sites excluding steroid dienone is 1. The molecular formula is C25H38N2O6. The highest BCUT2D eigenvalue weighted by Crippen LogP contribution is 2.65. The van der Waals surface area contributed by atoms with Crippen LogP contribution in [-0.4, -0.2) is 82.3 Å². The molecule has 3 aliphatic rings. The molecule has 2 amide bonds. The summed E-state index contributed by atoms with van der Waals surface area (Å²) < 4.78 is 12.2. The van der Waals surface area contributed by atoms with Crippen molar-refractivity contribution in [2.45, 2.75) is 70.2 Å². The number of hydrogen-bond donors (Lipinski definition) is 1. The van der Waals surface area contributed by atoms with E-state index in [9.17, 15) is 19.5 Å². The first kappa shape index (κ1) is 25.4. The Kier molecular flexibility index (Phi) is 7.39. The Morgan fingerprint density at radius 1 is 1.36 bits per heavy atom. The first-order valence-electron chi connectivity index (χ1n) is 11.9. The minimum Gasteiger partial charge on any atom is -0.465 e. The fourth-order valence-electron chi connectivity index (χ4n) is 6.07. The number of β-amino-alcohol motifs (C(OH)–C–C–N with tert-alkyl or cyclic N) is 1. The van der Waals surface area contributed by atoms with Crippen molar-refractivity contribution in [3.63, 3.8) is 0 Å². The highest BCUT2D eigenvalue weighted by molar-refractivity contribution is 5.98. The molecule has 184 valence electrons. The van der Waals surface area contributed by atoms with Crippen LogP contribution >= 0.6 is 0 Å². The molecule has 3 rings (SSSR count). The Bertz CT molecular complexity index is 813. The molecule has 33 heavy (non-hydrogen) atoms. The van der Waals surface area contributed by atoms with E-state index in [1.165, 1.54) is 4.90 Å². The molecule has 8 heteroatoms. The second-order valence-corrected chi connectivity index (χ2v) is 9.93. The van der Waals surface area contributed by atoms with Crippen LogP contribution in [0.1, 0.15) is 47.0 Å². The molecule has 0 radical (unpaired) electrons. The Hall–Kier alpha value is -2.19. The van der Waals surface area contributed by atoms with Crippen LogP contribution in [0.25, 0.3) is 0 Å². The lowest BCUT2D eigenvalue weighted by atomic mass is 9.62. The third kappa shape index (κ3) is 3.91. The average Bonchev–Trinajstić information content (AvgIpc) is 3.26. The number of aliphatic hydroxyl groups is 1. The van der Waals surface area contributed by atoms with E-state index in [-0.39, 0.29) is 43.5 Å².